The van der Waals surface area contributed by atoms with Crippen LogP contribution in [0.4, 0.5) is 5.69 Å². The van der Waals surface area contributed by atoms with Crippen LogP contribution in [0.2, 0.25) is 10.0 Å². The molecule has 3 rings (SSSR count). The third kappa shape index (κ3) is 4.50. The minimum Gasteiger partial charge on any atom is -0.289 e. The molecule has 4 nitrogen and oxygen atoms in total. The third-order valence-corrected chi connectivity index (χ3v) is 5.78. The van der Waals surface area contributed by atoms with E-state index in [1.807, 2.05) is 6.92 Å². The number of nitrogens with one attached hydrogen (secondary N) is 1. The fraction of sp³-hybridized carbons (Fsp3) is 0.0500. The number of carbonyl (C=O) groups is 1. The Labute approximate surface area is 167 Å². The molecule has 0 aromatic heterocycles. The van der Waals surface area contributed by atoms with Gasteiger partial charge >= 0.3 is 0 Å². The van der Waals surface area contributed by atoms with Gasteiger partial charge in [0.1, 0.15) is 0 Å². The molecule has 0 unspecified atom stereocenters. The van der Waals surface area contributed by atoms with Crippen molar-refractivity contribution in [3.8, 4) is 0 Å². The van der Waals surface area contributed by atoms with Gasteiger partial charge in [-0.15, -0.1) is 0 Å². The molecule has 0 spiro atoms. The Morgan fingerprint density at radius 3 is 2.07 bits per heavy atom. The summed E-state index contributed by atoms with van der Waals surface area (Å²) >= 11 is 11.9. The van der Waals surface area contributed by atoms with Crippen LogP contribution in [0.15, 0.2) is 71.6 Å². The maximum absolute atomic E-state index is 12.9. The van der Waals surface area contributed by atoms with Crippen molar-refractivity contribution < 1.29 is 13.2 Å². The second-order valence-corrected chi connectivity index (χ2v) is 8.50. The largest absolute Gasteiger partial charge is 0.289 e. The van der Waals surface area contributed by atoms with Gasteiger partial charge in [-0.25, -0.2) is 8.42 Å². The molecule has 0 atom stereocenters. The first-order valence-electron chi connectivity index (χ1n) is 7.95. The molecule has 0 heterocycles. The molecule has 0 amide bonds. The fourth-order valence-electron chi connectivity index (χ4n) is 2.47. The van der Waals surface area contributed by atoms with Gasteiger partial charge in [0, 0.05) is 21.2 Å². The van der Waals surface area contributed by atoms with Crippen LogP contribution in [0.5, 0.6) is 0 Å². The molecule has 0 aliphatic rings. The zero-order valence-corrected chi connectivity index (χ0v) is 16.6. The predicted molar refractivity (Wildman–Crippen MR) is 108 cm³/mol. The molecule has 0 aliphatic carbocycles. The van der Waals surface area contributed by atoms with Gasteiger partial charge < -0.3 is 0 Å². The Kier molecular flexibility index (Phi) is 5.56. The monoisotopic (exact) mass is 419 g/mol. The van der Waals surface area contributed by atoms with Gasteiger partial charge in [0.15, 0.2) is 5.78 Å². The predicted octanol–water partition coefficient (Wildman–Crippen LogP) is 5.33. The fourth-order valence-corrected chi connectivity index (χ4v) is 3.85. The first-order valence-corrected chi connectivity index (χ1v) is 10.2. The molecule has 138 valence electrons. The molecule has 1 N–H and O–H groups in total. The molecule has 27 heavy (non-hydrogen) atoms. The standard InChI is InChI=1S/C20H15Cl2NO3S/c1-13-2-9-17(10-3-13)27(25,26)23-19-11-8-16(22)12-18(19)20(24)14-4-6-15(21)7-5-14/h2-12,23H,1H3. The highest BCUT2D eigenvalue weighted by atomic mass is 35.5. The quantitative estimate of drug-likeness (QED) is 0.568. The van der Waals surface area contributed by atoms with Crippen molar-refractivity contribution in [2.45, 2.75) is 11.8 Å². The SMILES string of the molecule is Cc1ccc(S(=O)(=O)Nc2ccc(Cl)cc2C(=O)c2ccc(Cl)cc2)cc1. The number of hydrogen-bond acceptors (Lipinski definition) is 3. The number of aryl methyl sites for hydroxylation is 1. The normalized spacial score (nSPS) is 11.2. The van der Waals surface area contributed by atoms with Crippen molar-refractivity contribution in [3.63, 3.8) is 0 Å². The zero-order chi connectivity index (χ0) is 19.6. The second kappa shape index (κ2) is 7.72. The summed E-state index contributed by atoms with van der Waals surface area (Å²) in [6.45, 7) is 1.87. The van der Waals surface area contributed by atoms with E-state index in [1.54, 1.807) is 36.4 Å². The average molecular weight is 420 g/mol. The molecule has 0 radical (unpaired) electrons. The van der Waals surface area contributed by atoms with E-state index >= 15 is 0 Å². The van der Waals surface area contributed by atoms with Crippen LogP contribution in [0.1, 0.15) is 21.5 Å². The van der Waals surface area contributed by atoms with Gasteiger partial charge in [0.05, 0.1) is 10.6 Å². The number of sulfonamides is 1. The molecule has 0 fully saturated rings. The number of ketones is 1. The van der Waals surface area contributed by atoms with E-state index in [1.165, 1.54) is 30.3 Å². The van der Waals surface area contributed by atoms with Crippen molar-refractivity contribution in [2.24, 2.45) is 0 Å². The minimum atomic E-state index is -3.85. The van der Waals surface area contributed by atoms with Crippen LogP contribution in [0.25, 0.3) is 0 Å². The second-order valence-electron chi connectivity index (χ2n) is 5.94. The minimum absolute atomic E-state index is 0.105. The van der Waals surface area contributed by atoms with E-state index in [2.05, 4.69) is 4.72 Å². The van der Waals surface area contributed by atoms with E-state index in [0.717, 1.165) is 5.56 Å². The highest BCUT2D eigenvalue weighted by Gasteiger charge is 2.20. The van der Waals surface area contributed by atoms with E-state index in [-0.39, 0.29) is 21.9 Å². The van der Waals surface area contributed by atoms with Gasteiger partial charge in [-0.05, 0) is 61.5 Å². The summed E-state index contributed by atoms with van der Waals surface area (Å²) in [6.07, 6.45) is 0. The smallest absolute Gasteiger partial charge is 0.261 e. The van der Waals surface area contributed by atoms with E-state index < -0.39 is 10.0 Å². The first-order chi connectivity index (χ1) is 12.8. The van der Waals surface area contributed by atoms with Gasteiger partial charge in [0.2, 0.25) is 0 Å². The van der Waals surface area contributed by atoms with Gasteiger partial charge in [0.25, 0.3) is 10.0 Å². The molecular formula is C20H15Cl2NO3S. The summed E-state index contributed by atoms with van der Waals surface area (Å²) in [6, 6.07) is 17.2. The average Bonchev–Trinajstić information content (AvgIpc) is 2.63. The molecule has 0 aliphatic heterocycles. The van der Waals surface area contributed by atoms with E-state index in [0.29, 0.717) is 15.6 Å². The summed E-state index contributed by atoms with van der Waals surface area (Å²) in [4.78, 5) is 13.0. The number of carbonyl (C=O) groups excluding carboxylic acids is 1. The van der Waals surface area contributed by atoms with Crippen LogP contribution < -0.4 is 4.72 Å². The molecule has 3 aromatic carbocycles. The van der Waals surface area contributed by atoms with E-state index in [9.17, 15) is 13.2 Å². The maximum atomic E-state index is 12.9. The number of hydrogen-bond donors (Lipinski definition) is 1. The van der Waals surface area contributed by atoms with Gasteiger partial charge in [-0.3, -0.25) is 9.52 Å². The summed E-state index contributed by atoms with van der Waals surface area (Å²) in [5, 5.41) is 0.823. The Morgan fingerprint density at radius 2 is 1.44 bits per heavy atom. The molecule has 3 aromatic rings. The number of benzene rings is 3. The van der Waals surface area contributed by atoms with Crippen LogP contribution in [0, 0.1) is 6.92 Å². The molecule has 0 saturated carbocycles. The van der Waals surface area contributed by atoms with Crippen molar-refractivity contribution in [2.75, 3.05) is 4.72 Å². The summed E-state index contributed by atoms with van der Waals surface area (Å²) in [5.41, 5.74) is 1.62. The van der Waals surface area contributed by atoms with Crippen molar-refractivity contribution in [3.05, 3.63) is 93.5 Å². The molecular weight excluding hydrogens is 405 g/mol. The molecule has 7 heteroatoms. The van der Waals surface area contributed by atoms with Crippen LogP contribution in [0.3, 0.4) is 0 Å². The highest BCUT2D eigenvalue weighted by molar-refractivity contribution is 7.92. The summed E-state index contributed by atoms with van der Waals surface area (Å²) in [7, 11) is -3.85. The highest BCUT2D eigenvalue weighted by Crippen LogP contribution is 2.26. The lowest BCUT2D eigenvalue weighted by atomic mass is 10.0. The van der Waals surface area contributed by atoms with Crippen molar-refractivity contribution in [1.82, 2.24) is 0 Å². The van der Waals surface area contributed by atoms with Crippen LogP contribution in [-0.2, 0) is 10.0 Å². The zero-order valence-electron chi connectivity index (χ0n) is 14.2. The molecule has 0 bridgehead atoms. The summed E-state index contributed by atoms with van der Waals surface area (Å²) < 4.78 is 27.8. The Hall–Kier alpha value is -2.34. The number of rotatable bonds is 5. The topological polar surface area (TPSA) is 63.2 Å². The van der Waals surface area contributed by atoms with Crippen molar-refractivity contribution >= 4 is 44.7 Å². The summed E-state index contributed by atoms with van der Waals surface area (Å²) in [5.74, 6) is -0.365. The van der Waals surface area contributed by atoms with Gasteiger partial charge in [-0.1, -0.05) is 40.9 Å². The van der Waals surface area contributed by atoms with E-state index in [4.69, 9.17) is 23.2 Å². The maximum Gasteiger partial charge on any atom is 0.261 e. The van der Waals surface area contributed by atoms with Crippen molar-refractivity contribution in [1.29, 1.82) is 0 Å². The van der Waals surface area contributed by atoms with Gasteiger partial charge in [-0.2, -0.15) is 0 Å². The Bertz CT molecular complexity index is 1090. The van der Waals surface area contributed by atoms with Crippen LogP contribution >= 0.6 is 23.2 Å². The Morgan fingerprint density at radius 1 is 0.852 bits per heavy atom. The third-order valence-electron chi connectivity index (χ3n) is 3.91. The first kappa shape index (κ1) is 19.4. The number of halogens is 2. The van der Waals surface area contributed by atoms with Crippen LogP contribution in [-0.4, -0.2) is 14.2 Å². The lowest BCUT2D eigenvalue weighted by Gasteiger charge is -2.13. The number of anilines is 1. The molecule has 0 saturated heterocycles. The lowest BCUT2D eigenvalue weighted by molar-refractivity contribution is 0.103. The Balaban J connectivity index is 2.00. The lowest BCUT2D eigenvalue weighted by Crippen LogP contribution is -2.16.